The minimum absolute atomic E-state index is 0.0404. The third-order valence-electron chi connectivity index (χ3n) is 7.48. The van der Waals surface area contributed by atoms with Crippen LogP contribution in [0.25, 0.3) is 0 Å². The SMILES string of the molecule is CC(C)C(=O)N1CCN(c2nc(NC3COC3)cc(C(=O)NCC(O)CN3CCc4ccccc4C3)n2)CC1. The van der Waals surface area contributed by atoms with Crippen molar-refractivity contribution in [3.8, 4) is 0 Å². The summed E-state index contributed by atoms with van der Waals surface area (Å²) in [6, 6.07) is 10.2. The highest BCUT2D eigenvalue weighted by Crippen LogP contribution is 2.20. The molecule has 1 unspecified atom stereocenters. The molecule has 1 atom stereocenters. The molecule has 11 heteroatoms. The van der Waals surface area contributed by atoms with Gasteiger partial charge in [-0.2, -0.15) is 4.98 Å². The second kappa shape index (κ2) is 12.3. The summed E-state index contributed by atoms with van der Waals surface area (Å²) in [5, 5.41) is 16.8. The van der Waals surface area contributed by atoms with Gasteiger partial charge in [0.25, 0.3) is 5.91 Å². The number of nitrogens with one attached hydrogen (secondary N) is 2. The summed E-state index contributed by atoms with van der Waals surface area (Å²) >= 11 is 0. The van der Waals surface area contributed by atoms with Crippen molar-refractivity contribution in [2.75, 3.05) is 69.2 Å². The first kappa shape index (κ1) is 27.3. The lowest BCUT2D eigenvalue weighted by Crippen LogP contribution is -2.50. The average molecular weight is 538 g/mol. The van der Waals surface area contributed by atoms with Gasteiger partial charge >= 0.3 is 0 Å². The van der Waals surface area contributed by atoms with Crippen molar-refractivity contribution in [2.45, 2.75) is 39.0 Å². The van der Waals surface area contributed by atoms with Gasteiger partial charge in [-0.3, -0.25) is 14.5 Å². The zero-order valence-corrected chi connectivity index (χ0v) is 22.8. The monoisotopic (exact) mass is 537 g/mol. The van der Waals surface area contributed by atoms with E-state index < -0.39 is 6.10 Å². The maximum Gasteiger partial charge on any atom is 0.270 e. The van der Waals surface area contributed by atoms with E-state index in [0.29, 0.717) is 57.7 Å². The summed E-state index contributed by atoms with van der Waals surface area (Å²) in [6.07, 6.45) is 0.262. The van der Waals surface area contributed by atoms with E-state index in [9.17, 15) is 14.7 Å². The molecule has 2 amide bonds. The molecule has 0 saturated carbocycles. The molecular weight excluding hydrogens is 498 g/mol. The Morgan fingerprint density at radius 3 is 2.51 bits per heavy atom. The standard InChI is InChI=1S/C28H39N7O4/c1-19(2)27(38)34-9-11-35(12-10-34)28-31-24(13-25(32-28)30-22-17-39-18-22)26(37)29-14-23(36)16-33-8-7-20-5-3-4-6-21(20)15-33/h3-6,13,19,22-23,36H,7-12,14-18H2,1-2H3,(H,29,37)(H,30,31,32). The summed E-state index contributed by atoms with van der Waals surface area (Å²) < 4.78 is 5.27. The van der Waals surface area contributed by atoms with E-state index in [2.05, 4.69) is 43.7 Å². The number of rotatable bonds is 9. The number of aromatic nitrogens is 2. The largest absolute Gasteiger partial charge is 0.390 e. The Morgan fingerprint density at radius 1 is 1.08 bits per heavy atom. The third kappa shape index (κ3) is 6.84. The lowest BCUT2D eigenvalue weighted by molar-refractivity contribution is -0.134. The molecule has 39 heavy (non-hydrogen) atoms. The van der Waals surface area contributed by atoms with Crippen LogP contribution in [0, 0.1) is 5.92 Å². The molecule has 2 aromatic rings. The fourth-order valence-corrected chi connectivity index (χ4v) is 5.16. The van der Waals surface area contributed by atoms with Crippen LogP contribution in [0.1, 0.15) is 35.5 Å². The molecule has 3 N–H and O–H groups in total. The molecule has 2 fully saturated rings. The fraction of sp³-hybridized carbons (Fsp3) is 0.571. The van der Waals surface area contributed by atoms with Crippen molar-refractivity contribution in [3.63, 3.8) is 0 Å². The number of benzene rings is 1. The Labute approximate surface area is 229 Å². The van der Waals surface area contributed by atoms with Crippen molar-refractivity contribution in [2.24, 2.45) is 5.92 Å². The minimum Gasteiger partial charge on any atom is -0.390 e. The molecule has 0 aliphatic carbocycles. The van der Waals surface area contributed by atoms with Gasteiger partial charge in [-0.25, -0.2) is 4.98 Å². The van der Waals surface area contributed by atoms with Crippen LogP contribution in [0.5, 0.6) is 0 Å². The number of hydrogen-bond donors (Lipinski definition) is 3. The third-order valence-corrected chi connectivity index (χ3v) is 7.48. The molecule has 0 radical (unpaired) electrons. The van der Waals surface area contributed by atoms with Gasteiger partial charge in [-0.15, -0.1) is 0 Å². The highest BCUT2D eigenvalue weighted by atomic mass is 16.5. The smallest absolute Gasteiger partial charge is 0.270 e. The number of nitrogens with zero attached hydrogens (tertiary/aromatic N) is 5. The fourth-order valence-electron chi connectivity index (χ4n) is 5.16. The molecule has 1 aromatic heterocycles. The second-order valence-electron chi connectivity index (χ2n) is 10.9. The zero-order valence-electron chi connectivity index (χ0n) is 22.8. The number of aliphatic hydroxyl groups excluding tert-OH is 1. The zero-order chi connectivity index (χ0) is 27.4. The predicted molar refractivity (Wildman–Crippen MR) is 148 cm³/mol. The quantitative estimate of drug-likeness (QED) is 0.425. The Hall–Kier alpha value is -3.28. The number of fused-ring (bicyclic) bond motifs is 1. The van der Waals surface area contributed by atoms with Crippen LogP contribution in [0.2, 0.25) is 0 Å². The number of anilines is 2. The van der Waals surface area contributed by atoms with E-state index in [1.165, 1.54) is 11.1 Å². The Bertz CT molecular complexity index is 1160. The van der Waals surface area contributed by atoms with Gasteiger partial charge in [-0.05, 0) is 17.5 Å². The maximum absolute atomic E-state index is 13.1. The van der Waals surface area contributed by atoms with Gasteiger partial charge in [0, 0.05) is 64.3 Å². The molecule has 4 heterocycles. The van der Waals surface area contributed by atoms with Crippen molar-refractivity contribution < 1.29 is 19.4 Å². The topological polar surface area (TPSA) is 123 Å². The van der Waals surface area contributed by atoms with E-state index in [1.54, 1.807) is 6.07 Å². The number of piperazine rings is 1. The van der Waals surface area contributed by atoms with Crippen molar-refractivity contribution >= 4 is 23.6 Å². The maximum atomic E-state index is 13.1. The van der Waals surface area contributed by atoms with Gasteiger partial charge in [0.15, 0.2) is 0 Å². The van der Waals surface area contributed by atoms with E-state index in [1.807, 2.05) is 29.7 Å². The lowest BCUT2D eigenvalue weighted by Gasteiger charge is -2.36. The predicted octanol–water partition coefficient (Wildman–Crippen LogP) is 0.741. The molecule has 1 aromatic carbocycles. The summed E-state index contributed by atoms with van der Waals surface area (Å²) in [5.74, 6) is 0.759. The number of amides is 2. The first-order chi connectivity index (χ1) is 18.9. The molecule has 3 aliphatic rings. The van der Waals surface area contributed by atoms with Crippen molar-refractivity contribution in [1.29, 1.82) is 0 Å². The number of β-amino-alcohol motifs (C(OH)–C–C–N with tert-alkyl or cyclic N) is 1. The van der Waals surface area contributed by atoms with Crippen molar-refractivity contribution in [3.05, 3.63) is 47.2 Å². The van der Waals surface area contributed by atoms with Gasteiger partial charge < -0.3 is 30.3 Å². The molecule has 210 valence electrons. The molecule has 3 aliphatic heterocycles. The van der Waals surface area contributed by atoms with E-state index in [0.717, 1.165) is 19.5 Å². The number of aliphatic hydroxyl groups is 1. The van der Waals surface area contributed by atoms with E-state index in [-0.39, 0.29) is 36.0 Å². The first-order valence-corrected chi connectivity index (χ1v) is 13.9. The molecule has 0 bridgehead atoms. The second-order valence-corrected chi connectivity index (χ2v) is 10.9. The van der Waals surface area contributed by atoms with Crippen LogP contribution in [-0.2, 0) is 22.5 Å². The van der Waals surface area contributed by atoms with Crippen LogP contribution in [0.4, 0.5) is 11.8 Å². The minimum atomic E-state index is -0.697. The first-order valence-electron chi connectivity index (χ1n) is 13.9. The van der Waals surface area contributed by atoms with Gasteiger partial charge in [-0.1, -0.05) is 38.1 Å². The Kier molecular flexibility index (Phi) is 8.59. The highest BCUT2D eigenvalue weighted by molar-refractivity contribution is 5.93. The number of hydrogen-bond acceptors (Lipinski definition) is 9. The summed E-state index contributed by atoms with van der Waals surface area (Å²) in [6.45, 7) is 9.64. The highest BCUT2D eigenvalue weighted by Gasteiger charge is 2.27. The Balaban J connectivity index is 1.20. The van der Waals surface area contributed by atoms with E-state index in [4.69, 9.17) is 4.74 Å². The van der Waals surface area contributed by atoms with Gasteiger partial charge in [0.05, 0.1) is 25.4 Å². The molecular formula is C28H39N7O4. The normalized spacial score (nSPS) is 18.9. The van der Waals surface area contributed by atoms with Crippen LogP contribution >= 0.6 is 0 Å². The van der Waals surface area contributed by atoms with Crippen LogP contribution in [0.15, 0.2) is 30.3 Å². The summed E-state index contributed by atoms with van der Waals surface area (Å²) in [5.41, 5.74) is 2.89. The molecule has 2 saturated heterocycles. The van der Waals surface area contributed by atoms with Crippen LogP contribution in [-0.4, -0.2) is 108 Å². The summed E-state index contributed by atoms with van der Waals surface area (Å²) in [4.78, 5) is 40.8. The lowest BCUT2D eigenvalue weighted by atomic mass is 10.00. The van der Waals surface area contributed by atoms with Crippen LogP contribution in [0.3, 0.4) is 0 Å². The van der Waals surface area contributed by atoms with Gasteiger partial charge in [0.1, 0.15) is 11.5 Å². The average Bonchev–Trinajstić information content (AvgIpc) is 2.93. The molecule has 5 rings (SSSR count). The van der Waals surface area contributed by atoms with E-state index >= 15 is 0 Å². The summed E-state index contributed by atoms with van der Waals surface area (Å²) in [7, 11) is 0. The number of ether oxygens (including phenoxy) is 1. The van der Waals surface area contributed by atoms with Crippen molar-refractivity contribution in [1.82, 2.24) is 25.1 Å². The van der Waals surface area contributed by atoms with Gasteiger partial charge in [0.2, 0.25) is 11.9 Å². The van der Waals surface area contributed by atoms with Crippen LogP contribution < -0.4 is 15.5 Å². The molecule has 11 nitrogen and oxygen atoms in total. The Morgan fingerprint density at radius 2 is 1.82 bits per heavy atom. The molecule has 0 spiro atoms. The number of carbonyl (C=O) groups is 2. The number of carbonyl (C=O) groups excluding carboxylic acids is 2.